The van der Waals surface area contributed by atoms with Crippen molar-refractivity contribution in [2.24, 2.45) is 0 Å². The molecule has 0 unspecified atom stereocenters. The number of Topliss-reactive ketones (excluding diaryl/α,β-unsaturated/α-hetero) is 1. The Labute approximate surface area is 105 Å². The molecule has 0 N–H and O–H groups in total. The van der Waals surface area contributed by atoms with Gasteiger partial charge in [0.25, 0.3) is 5.69 Å². The third-order valence-corrected chi connectivity index (χ3v) is 3.13. The van der Waals surface area contributed by atoms with Crippen LogP contribution in [0.3, 0.4) is 0 Å². The van der Waals surface area contributed by atoms with Crippen molar-refractivity contribution in [2.75, 3.05) is 0 Å². The molecule has 94 valence electrons. The van der Waals surface area contributed by atoms with E-state index in [0.717, 1.165) is 36.8 Å². The number of nitro benzene ring substituents is 1. The topological polar surface area (TPSA) is 60.2 Å². The van der Waals surface area contributed by atoms with E-state index >= 15 is 0 Å². The monoisotopic (exact) mass is 245 g/mol. The number of rotatable bonds is 2. The minimum atomic E-state index is -0.420. The molecule has 2 rings (SSSR count). The minimum Gasteiger partial charge on any atom is -0.295 e. The summed E-state index contributed by atoms with van der Waals surface area (Å²) in [6, 6.07) is 6.39. The standard InChI is InChI=1S/C14H15NO3/c16-14-8-3-1-2-6-12(14)9-11-5-4-7-13(10-11)15(17)18/h4-5,7,9-10H,1-3,6,8H2/b12-9+. The lowest BCUT2D eigenvalue weighted by molar-refractivity contribution is -0.384. The van der Waals surface area contributed by atoms with Crippen LogP contribution in [0.25, 0.3) is 6.08 Å². The summed E-state index contributed by atoms with van der Waals surface area (Å²) in [6.45, 7) is 0. The zero-order chi connectivity index (χ0) is 13.0. The maximum atomic E-state index is 11.8. The summed E-state index contributed by atoms with van der Waals surface area (Å²) in [5.41, 5.74) is 1.59. The van der Waals surface area contributed by atoms with Crippen molar-refractivity contribution in [3.63, 3.8) is 0 Å². The molecule has 18 heavy (non-hydrogen) atoms. The van der Waals surface area contributed by atoms with Crippen LogP contribution in [0.1, 0.15) is 37.7 Å². The summed E-state index contributed by atoms with van der Waals surface area (Å²) in [5, 5.41) is 10.7. The van der Waals surface area contributed by atoms with Gasteiger partial charge in [-0.1, -0.05) is 18.6 Å². The van der Waals surface area contributed by atoms with Crippen LogP contribution in [0, 0.1) is 10.1 Å². The summed E-state index contributed by atoms with van der Waals surface area (Å²) >= 11 is 0. The first-order chi connectivity index (χ1) is 8.66. The molecule has 1 aliphatic rings. The van der Waals surface area contributed by atoms with Crippen LogP contribution in [0.2, 0.25) is 0 Å². The molecule has 0 heterocycles. The van der Waals surface area contributed by atoms with Gasteiger partial charge in [-0.25, -0.2) is 0 Å². The second-order valence-electron chi connectivity index (χ2n) is 4.51. The van der Waals surface area contributed by atoms with E-state index in [1.165, 1.54) is 12.1 Å². The largest absolute Gasteiger partial charge is 0.295 e. The molecule has 1 aromatic rings. The van der Waals surface area contributed by atoms with Crippen molar-refractivity contribution in [2.45, 2.75) is 32.1 Å². The smallest absolute Gasteiger partial charge is 0.270 e. The fraction of sp³-hybridized carbons (Fsp3) is 0.357. The van der Waals surface area contributed by atoms with E-state index in [2.05, 4.69) is 0 Å². The highest BCUT2D eigenvalue weighted by Gasteiger charge is 2.13. The van der Waals surface area contributed by atoms with Gasteiger partial charge in [0.2, 0.25) is 0 Å². The number of benzene rings is 1. The predicted octanol–water partition coefficient (Wildman–Crippen LogP) is 3.51. The van der Waals surface area contributed by atoms with E-state index in [1.807, 2.05) is 0 Å². The zero-order valence-corrected chi connectivity index (χ0v) is 10.1. The molecule has 0 radical (unpaired) electrons. The predicted molar refractivity (Wildman–Crippen MR) is 69.2 cm³/mol. The highest BCUT2D eigenvalue weighted by Crippen LogP contribution is 2.23. The lowest BCUT2D eigenvalue weighted by Gasteiger charge is -2.01. The number of hydrogen-bond donors (Lipinski definition) is 0. The molecule has 1 fully saturated rings. The van der Waals surface area contributed by atoms with Gasteiger partial charge in [0.1, 0.15) is 0 Å². The number of non-ortho nitro benzene ring substituents is 1. The summed E-state index contributed by atoms with van der Waals surface area (Å²) in [6.07, 6.45) is 6.22. The summed E-state index contributed by atoms with van der Waals surface area (Å²) in [4.78, 5) is 22.1. The van der Waals surface area contributed by atoms with Crippen molar-refractivity contribution in [1.82, 2.24) is 0 Å². The van der Waals surface area contributed by atoms with Crippen LogP contribution in [-0.2, 0) is 4.79 Å². The van der Waals surface area contributed by atoms with Gasteiger partial charge in [-0.15, -0.1) is 0 Å². The molecule has 1 aromatic carbocycles. The first-order valence-corrected chi connectivity index (χ1v) is 6.15. The number of hydrogen-bond acceptors (Lipinski definition) is 3. The number of nitrogens with zero attached hydrogens (tertiary/aromatic N) is 1. The third-order valence-electron chi connectivity index (χ3n) is 3.13. The maximum absolute atomic E-state index is 11.8. The highest BCUT2D eigenvalue weighted by atomic mass is 16.6. The lowest BCUT2D eigenvalue weighted by atomic mass is 10.0. The Balaban J connectivity index is 2.28. The van der Waals surface area contributed by atoms with Gasteiger partial charge in [-0.2, -0.15) is 0 Å². The van der Waals surface area contributed by atoms with Crippen molar-refractivity contribution in [3.05, 3.63) is 45.5 Å². The first-order valence-electron chi connectivity index (χ1n) is 6.15. The van der Waals surface area contributed by atoms with E-state index in [9.17, 15) is 14.9 Å². The Morgan fingerprint density at radius 3 is 2.72 bits per heavy atom. The van der Waals surface area contributed by atoms with Crippen LogP contribution in [-0.4, -0.2) is 10.7 Å². The summed E-state index contributed by atoms with van der Waals surface area (Å²) < 4.78 is 0. The second-order valence-corrected chi connectivity index (χ2v) is 4.51. The quantitative estimate of drug-likeness (QED) is 0.346. The number of allylic oxidation sites excluding steroid dienone is 1. The molecule has 0 aromatic heterocycles. The Bertz CT molecular complexity index is 506. The van der Waals surface area contributed by atoms with E-state index in [1.54, 1.807) is 18.2 Å². The molecule has 0 saturated heterocycles. The fourth-order valence-electron chi connectivity index (χ4n) is 2.16. The first kappa shape index (κ1) is 12.5. The molecular weight excluding hydrogens is 230 g/mol. The van der Waals surface area contributed by atoms with Crippen LogP contribution in [0.5, 0.6) is 0 Å². The van der Waals surface area contributed by atoms with E-state index in [4.69, 9.17) is 0 Å². The van der Waals surface area contributed by atoms with Gasteiger partial charge >= 0.3 is 0 Å². The highest BCUT2D eigenvalue weighted by molar-refractivity contribution is 5.99. The Morgan fingerprint density at radius 1 is 1.17 bits per heavy atom. The van der Waals surface area contributed by atoms with Crippen molar-refractivity contribution >= 4 is 17.5 Å². The lowest BCUT2D eigenvalue weighted by Crippen LogP contribution is -1.99. The average Bonchev–Trinajstić information content (AvgIpc) is 2.55. The normalized spacial score (nSPS) is 18.7. The zero-order valence-electron chi connectivity index (χ0n) is 10.1. The van der Waals surface area contributed by atoms with Gasteiger partial charge in [0.15, 0.2) is 5.78 Å². The molecule has 1 aliphatic carbocycles. The van der Waals surface area contributed by atoms with Crippen molar-refractivity contribution in [3.8, 4) is 0 Å². The van der Waals surface area contributed by atoms with Gasteiger partial charge in [0.05, 0.1) is 4.92 Å². The molecule has 0 bridgehead atoms. The minimum absolute atomic E-state index is 0.0606. The SMILES string of the molecule is O=C1CCCCC/C1=C\c1cccc([N+](=O)[O-])c1. The van der Waals surface area contributed by atoms with Gasteiger partial charge in [0, 0.05) is 18.6 Å². The molecule has 4 heteroatoms. The second kappa shape index (κ2) is 5.58. The molecule has 0 spiro atoms. The van der Waals surface area contributed by atoms with Gasteiger partial charge in [-0.3, -0.25) is 14.9 Å². The van der Waals surface area contributed by atoms with Crippen LogP contribution < -0.4 is 0 Å². The van der Waals surface area contributed by atoms with Crippen molar-refractivity contribution < 1.29 is 9.72 Å². The summed E-state index contributed by atoms with van der Waals surface area (Å²) in [5.74, 6) is 0.180. The average molecular weight is 245 g/mol. The molecule has 1 saturated carbocycles. The van der Waals surface area contributed by atoms with Crippen LogP contribution in [0.4, 0.5) is 5.69 Å². The molecule has 0 aliphatic heterocycles. The van der Waals surface area contributed by atoms with Gasteiger partial charge in [-0.05, 0) is 36.5 Å². The fourth-order valence-corrected chi connectivity index (χ4v) is 2.16. The van der Waals surface area contributed by atoms with Crippen LogP contribution >= 0.6 is 0 Å². The van der Waals surface area contributed by atoms with E-state index < -0.39 is 4.92 Å². The van der Waals surface area contributed by atoms with Crippen LogP contribution in [0.15, 0.2) is 29.8 Å². The van der Waals surface area contributed by atoms with E-state index in [0.29, 0.717) is 6.42 Å². The Morgan fingerprint density at radius 2 is 1.94 bits per heavy atom. The number of carbonyl (C=O) groups is 1. The number of nitro groups is 1. The van der Waals surface area contributed by atoms with Gasteiger partial charge < -0.3 is 0 Å². The number of carbonyl (C=O) groups excluding carboxylic acids is 1. The Hall–Kier alpha value is -1.97. The maximum Gasteiger partial charge on any atom is 0.270 e. The molecule has 4 nitrogen and oxygen atoms in total. The van der Waals surface area contributed by atoms with Crippen molar-refractivity contribution in [1.29, 1.82) is 0 Å². The molecule has 0 amide bonds. The van der Waals surface area contributed by atoms with E-state index in [-0.39, 0.29) is 11.5 Å². The number of ketones is 1. The third kappa shape index (κ3) is 3.03. The Kier molecular flexibility index (Phi) is 3.87. The summed E-state index contributed by atoms with van der Waals surface area (Å²) in [7, 11) is 0. The molecular formula is C14H15NO3. The molecule has 0 atom stereocenters.